The van der Waals surface area contributed by atoms with Gasteiger partial charge in [-0.15, -0.1) is 0 Å². The highest BCUT2D eigenvalue weighted by atomic mass is 15.6. The zero-order chi connectivity index (χ0) is 30.6. The predicted octanol–water partition coefficient (Wildman–Crippen LogP) is 5.58. The van der Waals surface area contributed by atoms with Crippen LogP contribution in [0.3, 0.4) is 0 Å². The number of hydrogen-bond acceptors (Lipinski definition) is 7. The second-order valence-corrected chi connectivity index (χ2v) is 17.2. The van der Waals surface area contributed by atoms with Crippen LogP contribution in [0, 0.1) is 5.92 Å². The predicted molar refractivity (Wildman–Crippen MR) is 175 cm³/mol. The molecule has 4 aliphatic rings. The van der Waals surface area contributed by atoms with Crippen LogP contribution in [-0.4, -0.2) is 100 Å². The molecule has 1 saturated carbocycles. The van der Waals surface area contributed by atoms with Crippen LogP contribution >= 0.6 is 0 Å². The van der Waals surface area contributed by atoms with Crippen LogP contribution in [0.2, 0.25) is 0 Å². The summed E-state index contributed by atoms with van der Waals surface area (Å²) in [4.78, 5) is 10.7. The second kappa shape index (κ2) is 11.9. The quantitative estimate of drug-likeness (QED) is 0.396. The lowest BCUT2D eigenvalue weighted by Gasteiger charge is -2.62. The highest BCUT2D eigenvalue weighted by molar-refractivity contribution is 5.07. The molecule has 0 bridgehead atoms. The first-order valence-corrected chi connectivity index (χ1v) is 17.1. The Kier molecular flexibility index (Phi) is 9.76. The lowest BCUT2D eigenvalue weighted by molar-refractivity contribution is -0.147. The van der Waals surface area contributed by atoms with Gasteiger partial charge in [-0.1, -0.05) is 32.1 Å². The van der Waals surface area contributed by atoms with Crippen molar-refractivity contribution in [2.75, 3.05) is 28.2 Å². The Labute approximate surface area is 254 Å². The van der Waals surface area contributed by atoms with Crippen molar-refractivity contribution >= 4 is 0 Å². The second-order valence-electron chi connectivity index (χ2n) is 17.2. The summed E-state index contributed by atoms with van der Waals surface area (Å²) in [6.07, 6.45) is 14.5. The number of likely N-dealkylation sites (tertiary alicyclic amines) is 2. The summed E-state index contributed by atoms with van der Waals surface area (Å²) in [5, 5.41) is 12.5. The maximum absolute atomic E-state index is 4.34. The molecule has 3 unspecified atom stereocenters. The summed E-state index contributed by atoms with van der Waals surface area (Å²) in [5.74, 6) is 0.328. The monoisotopic (exact) mass is 576 g/mol. The molecule has 0 aromatic carbocycles. The van der Waals surface area contributed by atoms with E-state index < -0.39 is 0 Å². The maximum atomic E-state index is 4.34. The molecule has 0 spiro atoms. The van der Waals surface area contributed by atoms with Crippen LogP contribution in [0.4, 0.5) is 0 Å². The van der Waals surface area contributed by atoms with E-state index in [2.05, 4.69) is 126 Å². The summed E-state index contributed by atoms with van der Waals surface area (Å²) in [5.41, 5.74) is 0.640. The van der Waals surface area contributed by atoms with Crippen LogP contribution in [0.1, 0.15) is 133 Å². The average molecular weight is 576 g/mol. The van der Waals surface area contributed by atoms with E-state index in [1.807, 2.05) is 0 Å². The normalized spacial score (nSPS) is 36.4. The van der Waals surface area contributed by atoms with Gasteiger partial charge in [0.1, 0.15) is 12.1 Å². The number of hydrogen-bond donors (Lipinski definition) is 3. The van der Waals surface area contributed by atoms with E-state index in [1.54, 1.807) is 0 Å². The Morgan fingerprint density at radius 1 is 0.610 bits per heavy atom. The number of nitrogens with zero attached hydrogens (tertiary/aromatic N) is 4. The molecule has 3 N–H and O–H groups in total. The Morgan fingerprint density at radius 3 is 1.49 bits per heavy atom. The molecule has 4 fully saturated rings. The SMILES string of the molecule is CC1NC(N(C)C2CC(C)(C)N(C)C(C)(C)C2)NC(C2CCCCCCC2)(N(C)C2CC(C)(C)N(C)C(C)(C)C2)N1. The first kappa shape index (κ1) is 33.6. The van der Waals surface area contributed by atoms with Crippen LogP contribution < -0.4 is 16.0 Å². The van der Waals surface area contributed by atoms with Crippen molar-refractivity contribution in [2.45, 2.75) is 185 Å². The van der Waals surface area contributed by atoms with Gasteiger partial charge in [-0.25, -0.2) is 0 Å². The molecule has 7 nitrogen and oxygen atoms in total. The largest absolute Gasteiger partial charge is 0.296 e. The molecule has 0 radical (unpaired) electrons. The number of nitrogens with one attached hydrogen (secondary N) is 3. The summed E-state index contributed by atoms with van der Waals surface area (Å²) in [7, 11) is 9.46. The van der Waals surface area contributed by atoms with E-state index in [1.165, 1.54) is 70.6 Å². The molecule has 41 heavy (non-hydrogen) atoms. The molecule has 0 aromatic heterocycles. The molecule has 3 aliphatic heterocycles. The van der Waals surface area contributed by atoms with Gasteiger partial charge in [0.2, 0.25) is 0 Å². The summed E-state index contributed by atoms with van der Waals surface area (Å²) < 4.78 is 0. The molecule has 0 aromatic rings. The minimum atomic E-state index is -0.246. The average Bonchev–Trinajstić information content (AvgIpc) is 2.83. The Balaban J connectivity index is 1.68. The molecule has 4 rings (SSSR count). The smallest absolute Gasteiger partial charge is 0.132 e. The van der Waals surface area contributed by atoms with E-state index in [-0.39, 0.29) is 40.4 Å². The van der Waals surface area contributed by atoms with Crippen molar-refractivity contribution in [3.05, 3.63) is 0 Å². The van der Waals surface area contributed by atoms with Gasteiger partial charge in [0, 0.05) is 40.2 Å². The third-order valence-corrected chi connectivity index (χ3v) is 12.6. The Morgan fingerprint density at radius 2 is 1.02 bits per heavy atom. The summed E-state index contributed by atoms with van der Waals surface area (Å²) in [6.45, 7) is 21.8. The van der Waals surface area contributed by atoms with Crippen LogP contribution in [0.5, 0.6) is 0 Å². The van der Waals surface area contributed by atoms with Gasteiger partial charge in [-0.3, -0.25) is 35.6 Å². The fourth-order valence-electron chi connectivity index (χ4n) is 9.42. The lowest BCUT2D eigenvalue weighted by Crippen LogP contribution is -2.85. The van der Waals surface area contributed by atoms with Gasteiger partial charge in [0.05, 0.1) is 6.17 Å². The van der Waals surface area contributed by atoms with Gasteiger partial charge in [-0.2, -0.15) is 0 Å². The topological polar surface area (TPSA) is 49.1 Å². The maximum Gasteiger partial charge on any atom is 0.132 e. The molecule has 240 valence electrons. The number of piperidine rings is 2. The molecule has 7 heteroatoms. The zero-order valence-electron chi connectivity index (χ0n) is 29.5. The minimum Gasteiger partial charge on any atom is -0.296 e. The minimum absolute atomic E-state index is 0.117. The molecule has 3 heterocycles. The van der Waals surface area contributed by atoms with Crippen molar-refractivity contribution in [3.63, 3.8) is 0 Å². The summed E-state index contributed by atoms with van der Waals surface area (Å²) >= 11 is 0. The molecular weight excluding hydrogens is 506 g/mol. The van der Waals surface area contributed by atoms with E-state index in [4.69, 9.17) is 0 Å². The van der Waals surface area contributed by atoms with Crippen LogP contribution in [-0.2, 0) is 0 Å². The van der Waals surface area contributed by atoms with Crippen LogP contribution in [0.15, 0.2) is 0 Å². The number of rotatable bonds is 5. The third-order valence-electron chi connectivity index (χ3n) is 12.6. The van der Waals surface area contributed by atoms with Gasteiger partial charge < -0.3 is 0 Å². The van der Waals surface area contributed by atoms with Crippen molar-refractivity contribution < 1.29 is 0 Å². The Bertz CT molecular complexity index is 840. The zero-order valence-corrected chi connectivity index (χ0v) is 29.5. The van der Waals surface area contributed by atoms with E-state index in [0.29, 0.717) is 18.0 Å². The molecule has 1 aliphatic carbocycles. The van der Waals surface area contributed by atoms with Gasteiger partial charge >= 0.3 is 0 Å². The van der Waals surface area contributed by atoms with E-state index >= 15 is 0 Å². The molecular formula is C34H69N7. The highest BCUT2D eigenvalue weighted by Gasteiger charge is 2.54. The molecule has 0 amide bonds. The van der Waals surface area contributed by atoms with E-state index in [0.717, 1.165) is 0 Å². The van der Waals surface area contributed by atoms with Crippen molar-refractivity contribution in [3.8, 4) is 0 Å². The van der Waals surface area contributed by atoms with E-state index in [9.17, 15) is 0 Å². The van der Waals surface area contributed by atoms with Crippen molar-refractivity contribution in [1.29, 1.82) is 0 Å². The lowest BCUT2D eigenvalue weighted by atomic mass is 9.75. The van der Waals surface area contributed by atoms with Crippen molar-refractivity contribution in [1.82, 2.24) is 35.6 Å². The highest BCUT2D eigenvalue weighted by Crippen LogP contribution is 2.43. The standard InChI is InChI=1S/C34H69N7/c1-25-35-29(38(10)27-21-30(2,3)40(12)31(4,5)22-27)37-34(36-25,26-19-17-15-14-16-18-20-26)39(11)28-23-32(6,7)41(13)33(8,9)24-28/h25-29,35-37H,14-24H2,1-13H3. The Hall–Kier alpha value is -0.280. The fraction of sp³-hybridized carbons (Fsp3) is 1.00. The van der Waals surface area contributed by atoms with Crippen LogP contribution in [0.25, 0.3) is 0 Å². The van der Waals surface area contributed by atoms with Gasteiger partial charge in [0.25, 0.3) is 0 Å². The van der Waals surface area contributed by atoms with Gasteiger partial charge in [0.15, 0.2) is 0 Å². The first-order chi connectivity index (χ1) is 18.8. The third kappa shape index (κ3) is 6.72. The van der Waals surface area contributed by atoms with Crippen molar-refractivity contribution in [2.24, 2.45) is 5.92 Å². The molecule has 3 atom stereocenters. The van der Waals surface area contributed by atoms with Gasteiger partial charge in [-0.05, 0) is 129 Å². The first-order valence-electron chi connectivity index (χ1n) is 17.1. The fourth-order valence-corrected chi connectivity index (χ4v) is 9.42. The molecule has 3 saturated heterocycles. The summed E-state index contributed by atoms with van der Waals surface area (Å²) in [6, 6.07) is 1.01.